The van der Waals surface area contributed by atoms with Gasteiger partial charge in [0, 0.05) is 37.5 Å². The van der Waals surface area contributed by atoms with Crippen molar-refractivity contribution in [2.45, 2.75) is 12.5 Å². The molecule has 1 unspecified atom stereocenters. The molecule has 1 aliphatic rings. The average Bonchev–Trinajstić information content (AvgIpc) is 3.02. The van der Waals surface area contributed by atoms with E-state index in [-0.39, 0.29) is 17.9 Å². The van der Waals surface area contributed by atoms with Crippen LogP contribution in [0.15, 0.2) is 48.8 Å². The number of ether oxygens (including phenoxy) is 1. The van der Waals surface area contributed by atoms with Gasteiger partial charge in [-0.25, -0.2) is 0 Å². The maximum atomic E-state index is 13.0. The Morgan fingerprint density at radius 1 is 1.35 bits per heavy atom. The predicted octanol–water partition coefficient (Wildman–Crippen LogP) is 2.31. The van der Waals surface area contributed by atoms with E-state index in [0.717, 1.165) is 5.56 Å². The van der Waals surface area contributed by atoms with Gasteiger partial charge in [-0.3, -0.25) is 9.78 Å². The first kappa shape index (κ1) is 15.1. The smallest absolute Gasteiger partial charge is 0.246 e. The van der Waals surface area contributed by atoms with Crippen molar-refractivity contribution in [1.82, 2.24) is 14.9 Å². The summed E-state index contributed by atoms with van der Waals surface area (Å²) in [5.74, 6) is -0.407. The Hall–Kier alpha value is -2.76. The zero-order chi connectivity index (χ0) is 16.1. The van der Waals surface area contributed by atoms with E-state index in [0.29, 0.717) is 19.5 Å². The predicted molar refractivity (Wildman–Crippen MR) is 83.1 cm³/mol. The van der Waals surface area contributed by atoms with E-state index in [1.807, 2.05) is 12.1 Å². The third kappa shape index (κ3) is 4.12. The lowest BCUT2D eigenvalue weighted by Gasteiger charge is -2.15. The van der Waals surface area contributed by atoms with Crippen molar-refractivity contribution >= 4 is 12.0 Å². The number of halogens is 1. The van der Waals surface area contributed by atoms with E-state index in [1.165, 1.54) is 12.1 Å². The van der Waals surface area contributed by atoms with Gasteiger partial charge in [0.25, 0.3) is 0 Å². The minimum Gasteiger partial charge on any atom is -0.472 e. The molecule has 0 bridgehead atoms. The first-order valence-electron chi connectivity index (χ1n) is 7.37. The second kappa shape index (κ2) is 7.00. The lowest BCUT2D eigenvalue weighted by atomic mass is 10.2. The van der Waals surface area contributed by atoms with E-state index in [9.17, 15) is 9.18 Å². The minimum absolute atomic E-state index is 0.0767. The van der Waals surface area contributed by atoms with Gasteiger partial charge in [0.1, 0.15) is 6.10 Å². The minimum atomic E-state index is -0.576. The number of nitrogens with zero attached hydrogens (tertiary/aromatic N) is 3. The Balaban J connectivity index is 1.55. The van der Waals surface area contributed by atoms with Gasteiger partial charge in [-0.1, -0.05) is 12.1 Å². The van der Waals surface area contributed by atoms with Crippen molar-refractivity contribution < 1.29 is 13.9 Å². The quantitative estimate of drug-likeness (QED) is 0.642. The number of carbonyl (C=O) groups excluding carboxylic acids is 1. The molecule has 23 heavy (non-hydrogen) atoms. The largest absolute Gasteiger partial charge is 0.472 e. The molecule has 3 rings (SSSR count). The van der Waals surface area contributed by atoms with Gasteiger partial charge in [-0.05, 0) is 23.8 Å². The monoisotopic (exact) mass is 313 g/mol. The highest BCUT2D eigenvalue weighted by Gasteiger charge is 2.26. The normalized spacial score (nSPS) is 17.6. The summed E-state index contributed by atoms with van der Waals surface area (Å²) in [5.41, 5.74) is 0.872. The molecule has 6 heteroatoms. The van der Waals surface area contributed by atoms with Gasteiger partial charge in [0.2, 0.25) is 17.7 Å². The summed E-state index contributed by atoms with van der Waals surface area (Å²) >= 11 is 0. The lowest BCUT2D eigenvalue weighted by molar-refractivity contribution is -0.125. The number of carbonyl (C=O) groups is 1. The summed E-state index contributed by atoms with van der Waals surface area (Å²) in [7, 11) is 0. The molecule has 0 spiro atoms. The molecule has 1 fully saturated rings. The molecule has 0 saturated carbocycles. The van der Waals surface area contributed by atoms with Crippen LogP contribution in [0, 0.1) is 5.95 Å². The van der Waals surface area contributed by atoms with Gasteiger partial charge >= 0.3 is 0 Å². The number of pyridine rings is 2. The summed E-state index contributed by atoms with van der Waals surface area (Å²) in [5, 5.41) is 0. The van der Waals surface area contributed by atoms with Crippen molar-refractivity contribution in [2.75, 3.05) is 13.1 Å². The summed E-state index contributed by atoms with van der Waals surface area (Å²) < 4.78 is 18.7. The van der Waals surface area contributed by atoms with E-state index in [1.54, 1.807) is 35.5 Å². The van der Waals surface area contributed by atoms with E-state index >= 15 is 0 Å². The van der Waals surface area contributed by atoms with Crippen molar-refractivity contribution in [3.8, 4) is 5.88 Å². The Morgan fingerprint density at radius 2 is 2.26 bits per heavy atom. The summed E-state index contributed by atoms with van der Waals surface area (Å²) in [6, 6.07) is 8.11. The zero-order valence-electron chi connectivity index (χ0n) is 12.4. The molecule has 5 nitrogen and oxygen atoms in total. The zero-order valence-corrected chi connectivity index (χ0v) is 12.4. The van der Waals surface area contributed by atoms with Crippen LogP contribution >= 0.6 is 0 Å². The van der Waals surface area contributed by atoms with Crippen LogP contribution in [0.1, 0.15) is 12.0 Å². The van der Waals surface area contributed by atoms with E-state index < -0.39 is 5.95 Å². The van der Waals surface area contributed by atoms with Crippen molar-refractivity contribution in [1.29, 1.82) is 0 Å². The Bertz CT molecular complexity index is 706. The topological polar surface area (TPSA) is 55.3 Å². The van der Waals surface area contributed by atoms with Crippen LogP contribution in [0.2, 0.25) is 0 Å². The summed E-state index contributed by atoms with van der Waals surface area (Å²) in [6.07, 6.45) is 7.17. The molecule has 1 aliphatic heterocycles. The fourth-order valence-electron chi connectivity index (χ4n) is 2.40. The molecule has 0 N–H and O–H groups in total. The molecule has 1 atom stereocenters. The van der Waals surface area contributed by atoms with Gasteiger partial charge in [0.15, 0.2) is 0 Å². The Morgan fingerprint density at radius 3 is 3.04 bits per heavy atom. The van der Waals surface area contributed by atoms with Gasteiger partial charge < -0.3 is 9.64 Å². The lowest BCUT2D eigenvalue weighted by Crippen LogP contribution is -2.29. The molecule has 3 heterocycles. The van der Waals surface area contributed by atoms with Gasteiger partial charge in [-0.15, -0.1) is 0 Å². The molecule has 2 aromatic rings. The second-order valence-corrected chi connectivity index (χ2v) is 5.23. The van der Waals surface area contributed by atoms with Crippen LogP contribution in [0.5, 0.6) is 5.88 Å². The third-order valence-corrected chi connectivity index (χ3v) is 3.54. The van der Waals surface area contributed by atoms with Crippen molar-refractivity contribution in [3.05, 3.63) is 60.3 Å². The number of aromatic nitrogens is 2. The van der Waals surface area contributed by atoms with Gasteiger partial charge in [-0.2, -0.15) is 9.37 Å². The second-order valence-electron chi connectivity index (χ2n) is 5.23. The maximum absolute atomic E-state index is 13.0. The molecule has 1 saturated heterocycles. The van der Waals surface area contributed by atoms with Gasteiger partial charge in [0.05, 0.1) is 6.54 Å². The number of hydrogen-bond donors (Lipinski definition) is 0. The highest BCUT2D eigenvalue weighted by Crippen LogP contribution is 2.17. The molecular formula is C17H16FN3O2. The van der Waals surface area contributed by atoms with Crippen LogP contribution in [0.4, 0.5) is 4.39 Å². The first-order valence-corrected chi connectivity index (χ1v) is 7.37. The van der Waals surface area contributed by atoms with E-state index in [4.69, 9.17) is 4.74 Å². The highest BCUT2D eigenvalue weighted by atomic mass is 19.1. The Kier molecular flexibility index (Phi) is 4.61. The van der Waals surface area contributed by atoms with Crippen molar-refractivity contribution in [2.24, 2.45) is 0 Å². The Labute approximate surface area is 133 Å². The fraction of sp³-hybridized carbons (Fsp3) is 0.235. The van der Waals surface area contributed by atoms with Crippen LogP contribution in [-0.4, -0.2) is 40.0 Å². The molecule has 1 amide bonds. The SMILES string of the molecule is O=C(/C=C/c1cccnc1)N1CCC(Oc2cccc(F)n2)C1. The third-order valence-electron chi connectivity index (χ3n) is 3.54. The van der Waals surface area contributed by atoms with Crippen LogP contribution in [0.25, 0.3) is 6.08 Å². The summed E-state index contributed by atoms with van der Waals surface area (Å²) in [4.78, 5) is 21.5. The highest BCUT2D eigenvalue weighted by molar-refractivity contribution is 5.91. The molecule has 0 aliphatic carbocycles. The maximum Gasteiger partial charge on any atom is 0.246 e. The number of amides is 1. The van der Waals surface area contributed by atoms with Crippen molar-refractivity contribution in [3.63, 3.8) is 0 Å². The molecule has 118 valence electrons. The fourth-order valence-corrected chi connectivity index (χ4v) is 2.40. The number of likely N-dealkylation sites (tertiary alicyclic amines) is 1. The average molecular weight is 313 g/mol. The van der Waals surface area contributed by atoms with E-state index in [2.05, 4.69) is 9.97 Å². The first-order chi connectivity index (χ1) is 11.2. The molecule has 0 radical (unpaired) electrons. The molecular weight excluding hydrogens is 297 g/mol. The number of hydrogen-bond acceptors (Lipinski definition) is 4. The van der Waals surface area contributed by atoms with Crippen LogP contribution < -0.4 is 4.74 Å². The van der Waals surface area contributed by atoms with Crippen LogP contribution in [0.3, 0.4) is 0 Å². The van der Waals surface area contributed by atoms with Crippen LogP contribution in [-0.2, 0) is 4.79 Å². The number of rotatable bonds is 4. The molecule has 0 aromatic carbocycles. The molecule has 2 aromatic heterocycles. The summed E-state index contributed by atoms with van der Waals surface area (Å²) in [6.45, 7) is 1.07. The standard InChI is InChI=1S/C17H16FN3O2/c18-15-4-1-5-16(20-15)23-14-8-10-21(12-14)17(22)7-6-13-3-2-9-19-11-13/h1-7,9,11,14H,8,10,12H2/b7-6+.